The molecule has 0 fully saturated rings. The Bertz CT molecular complexity index is 709. The van der Waals surface area contributed by atoms with Crippen molar-refractivity contribution in [3.8, 4) is 5.75 Å². The fourth-order valence-corrected chi connectivity index (χ4v) is 1.93. The van der Waals surface area contributed by atoms with Gasteiger partial charge in [0.05, 0.1) is 6.61 Å². The fourth-order valence-electron chi connectivity index (χ4n) is 1.93. The molecular weight excluding hydrogens is 284 g/mol. The van der Waals surface area contributed by atoms with Crippen molar-refractivity contribution in [3.05, 3.63) is 40.8 Å². The first-order valence-electron chi connectivity index (χ1n) is 7.22. The number of carbonyl (C=O) groups excluding carboxylic acids is 1. The lowest BCUT2D eigenvalue weighted by Gasteiger charge is -2.19. The number of esters is 1. The second-order valence-electron chi connectivity index (χ2n) is 5.99. The molecule has 0 saturated heterocycles. The second kappa shape index (κ2) is 6.64. The van der Waals surface area contributed by atoms with Crippen LogP contribution in [0.2, 0.25) is 0 Å². The molecular formula is C17H20O5. The summed E-state index contributed by atoms with van der Waals surface area (Å²) in [7, 11) is 0. The highest BCUT2D eigenvalue weighted by Gasteiger charge is 2.15. The summed E-state index contributed by atoms with van der Waals surface area (Å²) in [6.07, 6.45) is 0.867. The minimum Gasteiger partial charge on any atom is -0.493 e. The van der Waals surface area contributed by atoms with Gasteiger partial charge in [0, 0.05) is 23.9 Å². The summed E-state index contributed by atoms with van der Waals surface area (Å²) in [5, 5.41) is 0.834. The second-order valence-corrected chi connectivity index (χ2v) is 5.99. The Morgan fingerprint density at radius 2 is 1.91 bits per heavy atom. The molecule has 118 valence electrons. The van der Waals surface area contributed by atoms with E-state index in [1.165, 1.54) is 6.07 Å². The zero-order valence-corrected chi connectivity index (χ0v) is 13.0. The highest BCUT2D eigenvalue weighted by molar-refractivity contribution is 5.77. The Morgan fingerprint density at radius 3 is 2.64 bits per heavy atom. The molecule has 0 N–H and O–H groups in total. The maximum Gasteiger partial charge on any atom is 0.336 e. The molecule has 0 spiro atoms. The molecule has 0 aliphatic heterocycles. The molecule has 1 heterocycles. The van der Waals surface area contributed by atoms with E-state index < -0.39 is 11.2 Å². The fraction of sp³-hybridized carbons (Fsp3) is 0.412. The molecule has 22 heavy (non-hydrogen) atoms. The van der Waals surface area contributed by atoms with E-state index in [1.54, 1.807) is 18.2 Å². The molecule has 0 aliphatic carbocycles. The average molecular weight is 304 g/mol. The third-order valence-corrected chi connectivity index (χ3v) is 2.81. The summed E-state index contributed by atoms with van der Waals surface area (Å²) in [6.45, 7) is 5.90. The van der Waals surface area contributed by atoms with Gasteiger partial charge in [-0.2, -0.15) is 0 Å². The standard InChI is InChI=1S/C17H20O5/c1-17(2,3)22-16(19)5-4-10-20-13-8-6-12-7-9-15(18)21-14(12)11-13/h6-9,11H,4-5,10H2,1-3H3. The van der Waals surface area contributed by atoms with Gasteiger partial charge in [0.2, 0.25) is 0 Å². The van der Waals surface area contributed by atoms with Crippen molar-refractivity contribution >= 4 is 16.9 Å². The summed E-state index contributed by atoms with van der Waals surface area (Å²) in [5.41, 5.74) is -0.375. The van der Waals surface area contributed by atoms with Gasteiger partial charge in [-0.15, -0.1) is 0 Å². The maximum atomic E-state index is 11.6. The lowest BCUT2D eigenvalue weighted by Crippen LogP contribution is -2.23. The van der Waals surface area contributed by atoms with Gasteiger partial charge in [0.25, 0.3) is 0 Å². The molecule has 2 aromatic rings. The Morgan fingerprint density at radius 1 is 1.18 bits per heavy atom. The van der Waals surface area contributed by atoms with E-state index >= 15 is 0 Å². The maximum absolute atomic E-state index is 11.6. The smallest absolute Gasteiger partial charge is 0.336 e. The molecule has 5 heteroatoms. The van der Waals surface area contributed by atoms with E-state index in [0.717, 1.165) is 5.39 Å². The van der Waals surface area contributed by atoms with Gasteiger partial charge >= 0.3 is 11.6 Å². The number of carbonyl (C=O) groups is 1. The number of hydrogen-bond acceptors (Lipinski definition) is 5. The van der Waals surface area contributed by atoms with Crippen LogP contribution in [0.4, 0.5) is 0 Å². The van der Waals surface area contributed by atoms with E-state index in [1.807, 2.05) is 26.8 Å². The van der Waals surface area contributed by atoms with E-state index in [0.29, 0.717) is 30.8 Å². The van der Waals surface area contributed by atoms with Crippen LogP contribution in [0.3, 0.4) is 0 Å². The monoisotopic (exact) mass is 304 g/mol. The molecule has 0 unspecified atom stereocenters. The molecule has 1 aromatic carbocycles. The number of ether oxygens (including phenoxy) is 2. The van der Waals surface area contributed by atoms with Crippen molar-refractivity contribution in [2.75, 3.05) is 6.61 Å². The van der Waals surface area contributed by atoms with Gasteiger partial charge in [0.15, 0.2) is 0 Å². The zero-order valence-electron chi connectivity index (χ0n) is 13.0. The summed E-state index contributed by atoms with van der Waals surface area (Å²) in [5.74, 6) is 0.367. The lowest BCUT2D eigenvalue weighted by atomic mass is 10.2. The van der Waals surface area contributed by atoms with Crippen LogP contribution in [0, 0.1) is 0 Å². The average Bonchev–Trinajstić information content (AvgIpc) is 2.41. The minimum atomic E-state index is -0.464. The van der Waals surface area contributed by atoms with Gasteiger partial charge in [-0.25, -0.2) is 4.79 Å². The van der Waals surface area contributed by atoms with E-state index in [4.69, 9.17) is 13.9 Å². The number of rotatable bonds is 5. The first-order chi connectivity index (χ1) is 10.3. The van der Waals surface area contributed by atoms with Crippen LogP contribution in [0.5, 0.6) is 5.75 Å². The van der Waals surface area contributed by atoms with Crippen LogP contribution < -0.4 is 10.4 Å². The first kappa shape index (κ1) is 16.1. The Kier molecular flexibility index (Phi) is 4.85. The zero-order chi connectivity index (χ0) is 16.2. The van der Waals surface area contributed by atoms with Gasteiger partial charge < -0.3 is 13.9 Å². The number of benzene rings is 1. The predicted octanol–water partition coefficient (Wildman–Crippen LogP) is 3.29. The predicted molar refractivity (Wildman–Crippen MR) is 83.1 cm³/mol. The van der Waals surface area contributed by atoms with Crippen LogP contribution in [0.25, 0.3) is 11.0 Å². The highest BCUT2D eigenvalue weighted by Crippen LogP contribution is 2.19. The number of hydrogen-bond donors (Lipinski definition) is 0. The summed E-state index contributed by atoms with van der Waals surface area (Å²) in [4.78, 5) is 22.7. The van der Waals surface area contributed by atoms with Crippen molar-refractivity contribution in [2.24, 2.45) is 0 Å². The molecule has 0 saturated carbocycles. The molecule has 1 aromatic heterocycles. The van der Waals surface area contributed by atoms with Crippen LogP contribution in [-0.4, -0.2) is 18.2 Å². The molecule has 2 rings (SSSR count). The van der Waals surface area contributed by atoms with E-state index in [-0.39, 0.29) is 5.97 Å². The topological polar surface area (TPSA) is 65.7 Å². The Balaban J connectivity index is 1.85. The largest absolute Gasteiger partial charge is 0.493 e. The van der Waals surface area contributed by atoms with Crippen LogP contribution in [0.1, 0.15) is 33.6 Å². The Labute approximate surface area is 128 Å². The van der Waals surface area contributed by atoms with Crippen molar-refractivity contribution in [1.29, 1.82) is 0 Å². The summed E-state index contributed by atoms with van der Waals surface area (Å²) < 4.78 is 15.9. The van der Waals surface area contributed by atoms with Crippen molar-refractivity contribution in [1.82, 2.24) is 0 Å². The van der Waals surface area contributed by atoms with Crippen LogP contribution in [-0.2, 0) is 9.53 Å². The highest BCUT2D eigenvalue weighted by atomic mass is 16.6. The van der Waals surface area contributed by atoms with Crippen LogP contribution >= 0.6 is 0 Å². The molecule has 0 bridgehead atoms. The van der Waals surface area contributed by atoms with Crippen molar-refractivity contribution < 1.29 is 18.7 Å². The lowest BCUT2D eigenvalue weighted by molar-refractivity contribution is -0.155. The number of fused-ring (bicyclic) bond motifs is 1. The summed E-state index contributed by atoms with van der Waals surface area (Å²) >= 11 is 0. The van der Waals surface area contributed by atoms with Gasteiger partial charge in [-0.05, 0) is 45.4 Å². The third-order valence-electron chi connectivity index (χ3n) is 2.81. The van der Waals surface area contributed by atoms with Crippen molar-refractivity contribution in [3.63, 3.8) is 0 Å². The van der Waals surface area contributed by atoms with Gasteiger partial charge in [-0.3, -0.25) is 4.79 Å². The van der Waals surface area contributed by atoms with Gasteiger partial charge in [-0.1, -0.05) is 0 Å². The first-order valence-corrected chi connectivity index (χ1v) is 7.22. The third kappa shape index (κ3) is 4.91. The molecule has 0 amide bonds. The normalized spacial score (nSPS) is 11.4. The molecule has 0 aliphatic rings. The van der Waals surface area contributed by atoms with E-state index in [2.05, 4.69) is 0 Å². The Hall–Kier alpha value is -2.30. The molecule has 0 atom stereocenters. The van der Waals surface area contributed by atoms with Crippen molar-refractivity contribution in [2.45, 2.75) is 39.2 Å². The quantitative estimate of drug-likeness (QED) is 0.482. The summed E-state index contributed by atoms with van der Waals surface area (Å²) in [6, 6.07) is 8.37. The minimum absolute atomic E-state index is 0.236. The van der Waals surface area contributed by atoms with E-state index in [9.17, 15) is 9.59 Å². The van der Waals surface area contributed by atoms with Gasteiger partial charge in [0.1, 0.15) is 16.9 Å². The molecule has 5 nitrogen and oxygen atoms in total. The van der Waals surface area contributed by atoms with Crippen LogP contribution in [0.15, 0.2) is 39.5 Å². The molecule has 0 radical (unpaired) electrons. The SMILES string of the molecule is CC(C)(C)OC(=O)CCCOc1ccc2ccc(=O)oc2c1.